The first-order valence-electron chi connectivity index (χ1n) is 6.96. The smallest absolute Gasteiger partial charge is 0.291 e. The van der Waals surface area contributed by atoms with Gasteiger partial charge in [0.05, 0.1) is 6.26 Å². The average molecular weight is 305 g/mol. The highest BCUT2D eigenvalue weighted by Gasteiger charge is 2.12. The number of carbonyl (C=O) groups is 1. The number of aromatic nitrogens is 2. The molecule has 112 valence electrons. The van der Waals surface area contributed by atoms with Crippen LogP contribution in [0.15, 0.2) is 69.8 Å². The fourth-order valence-electron chi connectivity index (χ4n) is 2.22. The Kier molecular flexibility index (Phi) is 3.12. The molecular weight excluding hydrogens is 294 g/mol. The normalized spacial score (nSPS) is 10.8. The largest absolute Gasteiger partial charge is 0.459 e. The molecule has 6 nitrogen and oxygen atoms in total. The van der Waals surface area contributed by atoms with E-state index in [1.54, 1.807) is 42.6 Å². The highest BCUT2D eigenvalue weighted by atomic mass is 16.3. The molecule has 0 aliphatic rings. The van der Waals surface area contributed by atoms with Gasteiger partial charge in [0.2, 0.25) is 5.89 Å². The van der Waals surface area contributed by atoms with Crippen molar-refractivity contribution >= 4 is 22.8 Å². The van der Waals surface area contributed by atoms with Gasteiger partial charge in [0, 0.05) is 17.4 Å². The van der Waals surface area contributed by atoms with E-state index in [2.05, 4.69) is 15.3 Å². The molecule has 0 saturated heterocycles. The van der Waals surface area contributed by atoms with Crippen LogP contribution in [0, 0.1) is 0 Å². The predicted molar refractivity (Wildman–Crippen MR) is 83.9 cm³/mol. The lowest BCUT2D eigenvalue weighted by atomic mass is 10.2. The van der Waals surface area contributed by atoms with Gasteiger partial charge in [-0.15, -0.1) is 0 Å². The minimum absolute atomic E-state index is 0.251. The minimum Gasteiger partial charge on any atom is -0.459 e. The molecule has 4 rings (SSSR count). The van der Waals surface area contributed by atoms with E-state index in [0.717, 1.165) is 5.56 Å². The van der Waals surface area contributed by atoms with Crippen LogP contribution in [-0.2, 0) is 0 Å². The van der Waals surface area contributed by atoms with Crippen LogP contribution in [0.4, 0.5) is 5.69 Å². The van der Waals surface area contributed by atoms with Crippen LogP contribution in [0.2, 0.25) is 0 Å². The molecule has 0 saturated carbocycles. The molecular formula is C17H11N3O3. The summed E-state index contributed by atoms with van der Waals surface area (Å²) >= 11 is 0. The maximum Gasteiger partial charge on any atom is 0.291 e. The molecule has 1 amide bonds. The van der Waals surface area contributed by atoms with Gasteiger partial charge in [0.25, 0.3) is 5.91 Å². The molecule has 0 atom stereocenters. The number of fused-ring (bicyclic) bond motifs is 1. The van der Waals surface area contributed by atoms with E-state index in [4.69, 9.17) is 8.83 Å². The van der Waals surface area contributed by atoms with Crippen LogP contribution in [0.25, 0.3) is 22.7 Å². The molecule has 1 N–H and O–H groups in total. The summed E-state index contributed by atoms with van der Waals surface area (Å²) in [4.78, 5) is 20.5. The maximum absolute atomic E-state index is 12.0. The number of hydrogen-bond donors (Lipinski definition) is 1. The minimum atomic E-state index is -0.314. The number of amides is 1. The van der Waals surface area contributed by atoms with Gasteiger partial charge in [-0.3, -0.25) is 4.79 Å². The molecule has 0 spiro atoms. The second-order valence-corrected chi connectivity index (χ2v) is 4.86. The Morgan fingerprint density at radius 2 is 2.04 bits per heavy atom. The Bertz CT molecular complexity index is 941. The van der Waals surface area contributed by atoms with E-state index >= 15 is 0 Å². The molecule has 0 radical (unpaired) electrons. The SMILES string of the molecule is O=C(Nc1cccc(-c2nc3ncccc3o2)c1)c1ccco1. The summed E-state index contributed by atoms with van der Waals surface area (Å²) in [5, 5.41) is 2.77. The van der Waals surface area contributed by atoms with E-state index in [9.17, 15) is 4.79 Å². The third-order valence-electron chi connectivity index (χ3n) is 3.28. The number of hydrogen-bond acceptors (Lipinski definition) is 5. The highest BCUT2D eigenvalue weighted by molar-refractivity contribution is 6.02. The molecule has 0 bridgehead atoms. The molecule has 0 aliphatic heterocycles. The van der Waals surface area contributed by atoms with Crippen molar-refractivity contribution in [2.75, 3.05) is 5.32 Å². The number of nitrogens with one attached hydrogen (secondary N) is 1. The third kappa shape index (κ3) is 2.57. The van der Waals surface area contributed by atoms with Crippen LogP contribution in [0.5, 0.6) is 0 Å². The topological polar surface area (TPSA) is 81.2 Å². The van der Waals surface area contributed by atoms with E-state index < -0.39 is 0 Å². The number of oxazole rings is 1. The van der Waals surface area contributed by atoms with Gasteiger partial charge in [-0.25, -0.2) is 4.98 Å². The number of nitrogens with zero attached hydrogens (tertiary/aromatic N) is 2. The van der Waals surface area contributed by atoms with Gasteiger partial charge < -0.3 is 14.2 Å². The van der Waals surface area contributed by atoms with E-state index in [1.807, 2.05) is 12.1 Å². The van der Waals surface area contributed by atoms with Crippen molar-refractivity contribution in [3.63, 3.8) is 0 Å². The monoisotopic (exact) mass is 305 g/mol. The lowest BCUT2D eigenvalue weighted by Crippen LogP contribution is -2.10. The lowest BCUT2D eigenvalue weighted by Gasteiger charge is -2.04. The van der Waals surface area contributed by atoms with Gasteiger partial charge >= 0.3 is 0 Å². The van der Waals surface area contributed by atoms with Gasteiger partial charge in [-0.05, 0) is 42.5 Å². The molecule has 0 fully saturated rings. The number of pyridine rings is 1. The fourth-order valence-corrected chi connectivity index (χ4v) is 2.22. The van der Waals surface area contributed by atoms with Crippen molar-refractivity contribution in [3.05, 3.63) is 66.8 Å². The second-order valence-electron chi connectivity index (χ2n) is 4.86. The number of carbonyl (C=O) groups excluding carboxylic acids is 1. The fraction of sp³-hybridized carbons (Fsp3) is 0. The van der Waals surface area contributed by atoms with Gasteiger partial charge in [0.1, 0.15) is 0 Å². The van der Waals surface area contributed by atoms with Gasteiger partial charge in [-0.1, -0.05) is 6.07 Å². The molecule has 4 aromatic rings. The molecule has 1 aromatic carbocycles. The Hall–Kier alpha value is -3.41. The van der Waals surface area contributed by atoms with E-state index in [0.29, 0.717) is 22.8 Å². The first-order valence-corrected chi connectivity index (χ1v) is 6.96. The van der Waals surface area contributed by atoms with Crippen LogP contribution in [0.3, 0.4) is 0 Å². The third-order valence-corrected chi connectivity index (χ3v) is 3.28. The zero-order chi connectivity index (χ0) is 15.6. The Balaban J connectivity index is 1.64. The summed E-state index contributed by atoms with van der Waals surface area (Å²) < 4.78 is 10.8. The van der Waals surface area contributed by atoms with Crippen molar-refractivity contribution in [3.8, 4) is 11.5 Å². The highest BCUT2D eigenvalue weighted by Crippen LogP contribution is 2.25. The number of rotatable bonds is 3. The lowest BCUT2D eigenvalue weighted by molar-refractivity contribution is 0.0996. The van der Waals surface area contributed by atoms with Crippen LogP contribution >= 0.6 is 0 Å². The molecule has 3 heterocycles. The summed E-state index contributed by atoms with van der Waals surface area (Å²) in [5.41, 5.74) is 2.54. The summed E-state index contributed by atoms with van der Waals surface area (Å²) in [6.07, 6.45) is 3.12. The summed E-state index contributed by atoms with van der Waals surface area (Å²) in [6, 6.07) is 14.1. The van der Waals surface area contributed by atoms with Gasteiger partial charge in [-0.2, -0.15) is 4.98 Å². The van der Waals surface area contributed by atoms with Crippen molar-refractivity contribution in [2.24, 2.45) is 0 Å². The molecule has 23 heavy (non-hydrogen) atoms. The predicted octanol–water partition coefficient (Wildman–Crippen LogP) is 3.74. The second kappa shape index (κ2) is 5.42. The van der Waals surface area contributed by atoms with Crippen molar-refractivity contribution < 1.29 is 13.6 Å². The molecule has 3 aromatic heterocycles. The van der Waals surface area contributed by atoms with Crippen LogP contribution in [-0.4, -0.2) is 15.9 Å². The summed E-state index contributed by atoms with van der Waals surface area (Å²) in [7, 11) is 0. The first kappa shape index (κ1) is 13.3. The van der Waals surface area contributed by atoms with Crippen LogP contribution in [0.1, 0.15) is 10.6 Å². The molecule has 0 unspecified atom stereocenters. The van der Waals surface area contributed by atoms with E-state index in [-0.39, 0.29) is 11.7 Å². The summed E-state index contributed by atoms with van der Waals surface area (Å²) in [6.45, 7) is 0. The molecule has 6 heteroatoms. The maximum atomic E-state index is 12.0. The average Bonchev–Trinajstić information content (AvgIpc) is 3.24. The van der Waals surface area contributed by atoms with Crippen LogP contribution < -0.4 is 5.32 Å². The van der Waals surface area contributed by atoms with E-state index in [1.165, 1.54) is 6.26 Å². The number of anilines is 1. The quantitative estimate of drug-likeness (QED) is 0.623. The number of furan rings is 1. The standard InChI is InChI=1S/C17H11N3O3/c21-16(14-7-3-9-22-14)19-12-5-1-4-11(10-12)17-20-15-13(23-17)6-2-8-18-15/h1-10H,(H,19,21). The van der Waals surface area contributed by atoms with Crippen molar-refractivity contribution in [1.82, 2.24) is 9.97 Å². The van der Waals surface area contributed by atoms with Crippen molar-refractivity contribution in [1.29, 1.82) is 0 Å². The molecule has 0 aliphatic carbocycles. The first-order chi connectivity index (χ1) is 11.3. The Morgan fingerprint density at radius 1 is 1.09 bits per heavy atom. The summed E-state index contributed by atoms with van der Waals surface area (Å²) in [5.74, 6) is 0.389. The zero-order valence-electron chi connectivity index (χ0n) is 11.9. The number of benzene rings is 1. The zero-order valence-corrected chi connectivity index (χ0v) is 11.9. The Morgan fingerprint density at radius 3 is 2.87 bits per heavy atom. The van der Waals surface area contributed by atoms with Crippen molar-refractivity contribution in [2.45, 2.75) is 0 Å². The Labute approximate surface area is 130 Å². The van der Waals surface area contributed by atoms with Gasteiger partial charge in [0.15, 0.2) is 17.0 Å².